The third-order valence-electron chi connectivity index (χ3n) is 6.02. The van der Waals surface area contributed by atoms with Crippen molar-refractivity contribution in [1.29, 1.82) is 0 Å². The van der Waals surface area contributed by atoms with Crippen LogP contribution in [0.3, 0.4) is 0 Å². The predicted molar refractivity (Wildman–Crippen MR) is 129 cm³/mol. The Morgan fingerprint density at radius 1 is 0.969 bits per heavy atom. The summed E-state index contributed by atoms with van der Waals surface area (Å²) in [5, 5.41) is 3.05. The molecule has 166 valence electrons. The van der Waals surface area contributed by atoms with Crippen molar-refractivity contribution in [2.75, 3.05) is 18.4 Å². The second-order valence-electron chi connectivity index (χ2n) is 8.28. The number of anilines is 1. The Hall–Kier alpha value is -2.96. The number of rotatable bonds is 6. The highest BCUT2D eigenvalue weighted by molar-refractivity contribution is 7.88. The van der Waals surface area contributed by atoms with Crippen LogP contribution >= 0.6 is 0 Å². The number of benzene rings is 3. The van der Waals surface area contributed by atoms with Crippen LogP contribution in [0.4, 0.5) is 5.69 Å². The van der Waals surface area contributed by atoms with E-state index >= 15 is 0 Å². The molecule has 1 aliphatic rings. The number of para-hydroxylation sites is 1. The Labute approximate surface area is 190 Å². The van der Waals surface area contributed by atoms with Gasteiger partial charge in [0.1, 0.15) is 0 Å². The number of amides is 1. The normalized spacial score (nSPS) is 17.1. The molecule has 0 bridgehead atoms. The molecule has 1 saturated heterocycles. The van der Waals surface area contributed by atoms with E-state index in [1.165, 1.54) is 4.31 Å². The molecule has 32 heavy (non-hydrogen) atoms. The fourth-order valence-corrected chi connectivity index (χ4v) is 5.88. The minimum atomic E-state index is -3.50. The van der Waals surface area contributed by atoms with Crippen molar-refractivity contribution >= 4 is 21.6 Å². The van der Waals surface area contributed by atoms with E-state index in [2.05, 4.69) is 5.32 Å². The lowest BCUT2D eigenvalue weighted by Gasteiger charge is -2.31. The van der Waals surface area contributed by atoms with E-state index in [0.29, 0.717) is 19.4 Å². The molecule has 1 fully saturated rings. The number of carbonyl (C=O) groups is 1. The van der Waals surface area contributed by atoms with Gasteiger partial charge in [0.25, 0.3) is 0 Å². The summed E-state index contributed by atoms with van der Waals surface area (Å²) < 4.78 is 27.6. The molecule has 1 heterocycles. The van der Waals surface area contributed by atoms with Crippen molar-refractivity contribution in [1.82, 2.24) is 4.31 Å². The topological polar surface area (TPSA) is 66.5 Å². The molecule has 1 amide bonds. The maximum atomic E-state index is 13.1. The smallest absolute Gasteiger partial charge is 0.228 e. The summed E-state index contributed by atoms with van der Waals surface area (Å²) in [6.45, 7) is 2.59. The molecule has 0 aliphatic carbocycles. The molecule has 3 aromatic rings. The van der Waals surface area contributed by atoms with Crippen LogP contribution in [0, 0.1) is 12.8 Å². The van der Waals surface area contributed by atoms with Gasteiger partial charge in [-0.25, -0.2) is 12.7 Å². The zero-order valence-corrected chi connectivity index (χ0v) is 19.0. The van der Waals surface area contributed by atoms with Gasteiger partial charge in [0.05, 0.1) is 11.7 Å². The molecule has 1 unspecified atom stereocenters. The molecule has 0 radical (unpaired) electrons. The molecule has 0 spiro atoms. The Bertz CT molecular complexity index is 1190. The highest BCUT2D eigenvalue weighted by Crippen LogP contribution is 2.29. The fourth-order valence-electron chi connectivity index (χ4n) is 4.17. The number of aryl methyl sites for hydroxylation is 1. The number of hydrogen-bond acceptors (Lipinski definition) is 3. The van der Waals surface area contributed by atoms with Gasteiger partial charge < -0.3 is 5.32 Å². The molecule has 1 N–H and O–H groups in total. The summed E-state index contributed by atoms with van der Waals surface area (Å²) in [5.41, 5.74) is 4.47. The van der Waals surface area contributed by atoms with Crippen LogP contribution in [0.2, 0.25) is 0 Å². The van der Waals surface area contributed by atoms with E-state index in [0.717, 1.165) is 27.9 Å². The molecular weight excluding hydrogens is 420 g/mol. The molecule has 1 aliphatic heterocycles. The van der Waals surface area contributed by atoms with E-state index in [1.54, 1.807) is 0 Å². The lowest BCUT2D eigenvalue weighted by atomic mass is 9.98. The minimum absolute atomic E-state index is 0.0369. The van der Waals surface area contributed by atoms with Gasteiger partial charge in [0.15, 0.2) is 0 Å². The van der Waals surface area contributed by atoms with Crippen LogP contribution in [0.1, 0.15) is 24.0 Å². The third-order valence-corrected chi connectivity index (χ3v) is 7.81. The number of nitrogens with one attached hydrogen (secondary N) is 1. The van der Waals surface area contributed by atoms with Crippen LogP contribution in [-0.4, -0.2) is 31.7 Å². The molecule has 6 heteroatoms. The maximum absolute atomic E-state index is 13.1. The van der Waals surface area contributed by atoms with Crippen molar-refractivity contribution in [3.63, 3.8) is 0 Å². The first-order valence-electron chi connectivity index (χ1n) is 10.9. The first-order chi connectivity index (χ1) is 15.4. The Morgan fingerprint density at radius 2 is 1.66 bits per heavy atom. The highest BCUT2D eigenvalue weighted by Gasteiger charge is 2.32. The van der Waals surface area contributed by atoms with Crippen molar-refractivity contribution in [3.05, 3.63) is 90.0 Å². The van der Waals surface area contributed by atoms with Crippen LogP contribution in [0.25, 0.3) is 11.1 Å². The quantitative estimate of drug-likeness (QED) is 0.587. The van der Waals surface area contributed by atoms with E-state index in [1.807, 2.05) is 85.8 Å². The van der Waals surface area contributed by atoms with E-state index < -0.39 is 10.0 Å². The maximum Gasteiger partial charge on any atom is 0.228 e. The number of nitrogens with zero attached hydrogens (tertiary/aromatic N) is 1. The van der Waals surface area contributed by atoms with Crippen molar-refractivity contribution in [2.45, 2.75) is 25.5 Å². The van der Waals surface area contributed by atoms with Crippen LogP contribution in [-0.2, 0) is 20.6 Å². The number of sulfonamides is 1. The van der Waals surface area contributed by atoms with Crippen molar-refractivity contribution < 1.29 is 13.2 Å². The summed E-state index contributed by atoms with van der Waals surface area (Å²) >= 11 is 0. The molecule has 0 aromatic heterocycles. The van der Waals surface area contributed by atoms with Crippen LogP contribution < -0.4 is 5.32 Å². The molecule has 3 aromatic carbocycles. The van der Waals surface area contributed by atoms with E-state index in [-0.39, 0.29) is 24.1 Å². The number of hydrogen-bond donors (Lipinski definition) is 1. The summed E-state index contributed by atoms with van der Waals surface area (Å²) in [6, 6.07) is 25.1. The van der Waals surface area contributed by atoms with Gasteiger partial charge in [-0.1, -0.05) is 72.8 Å². The largest absolute Gasteiger partial charge is 0.325 e. The van der Waals surface area contributed by atoms with Crippen molar-refractivity contribution in [2.24, 2.45) is 5.92 Å². The van der Waals surface area contributed by atoms with Gasteiger partial charge in [-0.15, -0.1) is 0 Å². The lowest BCUT2D eigenvalue weighted by Crippen LogP contribution is -2.44. The van der Waals surface area contributed by atoms with Gasteiger partial charge in [-0.2, -0.15) is 0 Å². The Balaban J connectivity index is 1.47. The second kappa shape index (κ2) is 9.67. The molecule has 5 nitrogen and oxygen atoms in total. The summed E-state index contributed by atoms with van der Waals surface area (Å²) in [7, 11) is -3.50. The lowest BCUT2D eigenvalue weighted by molar-refractivity contribution is -0.120. The molecular formula is C26H28N2O3S. The molecule has 1 atom stereocenters. The van der Waals surface area contributed by atoms with E-state index in [9.17, 15) is 13.2 Å². The fraction of sp³-hybridized carbons (Fsp3) is 0.269. The summed E-state index contributed by atoms with van der Waals surface area (Å²) in [4.78, 5) is 13.1. The van der Waals surface area contributed by atoms with Gasteiger partial charge >= 0.3 is 0 Å². The van der Waals surface area contributed by atoms with Gasteiger partial charge in [-0.3, -0.25) is 4.79 Å². The zero-order chi connectivity index (χ0) is 22.6. The SMILES string of the molecule is Cc1ccccc1CS(=O)(=O)N1CCCC(C(=O)Nc2ccccc2-c2ccccc2)C1. The van der Waals surface area contributed by atoms with E-state index in [4.69, 9.17) is 0 Å². The van der Waals surface area contributed by atoms with Gasteiger partial charge in [-0.05, 0) is 42.5 Å². The summed E-state index contributed by atoms with van der Waals surface area (Å²) in [5.74, 6) is -0.548. The standard InChI is InChI=1S/C26H28N2O3S/c1-20-10-5-6-13-23(20)19-32(30,31)28-17-9-14-22(18-28)26(29)27-25-16-8-7-15-24(25)21-11-3-2-4-12-21/h2-8,10-13,15-16,22H,9,14,17-19H2,1H3,(H,27,29). The van der Waals surface area contributed by atoms with Crippen molar-refractivity contribution in [3.8, 4) is 11.1 Å². The van der Waals surface area contributed by atoms with Crippen LogP contribution in [0.5, 0.6) is 0 Å². The Kier molecular flexibility index (Phi) is 6.72. The highest BCUT2D eigenvalue weighted by atomic mass is 32.2. The zero-order valence-electron chi connectivity index (χ0n) is 18.2. The average Bonchev–Trinajstić information content (AvgIpc) is 2.81. The van der Waals surface area contributed by atoms with Gasteiger partial charge in [0, 0.05) is 24.3 Å². The molecule has 4 rings (SSSR count). The monoisotopic (exact) mass is 448 g/mol. The number of piperidine rings is 1. The Morgan fingerprint density at radius 3 is 2.44 bits per heavy atom. The predicted octanol–water partition coefficient (Wildman–Crippen LogP) is 4.84. The average molecular weight is 449 g/mol. The summed E-state index contributed by atoms with van der Waals surface area (Å²) in [6.07, 6.45) is 1.35. The van der Waals surface area contributed by atoms with Crippen LogP contribution in [0.15, 0.2) is 78.9 Å². The first kappa shape index (κ1) is 22.2. The second-order valence-corrected chi connectivity index (χ2v) is 10.2. The molecule has 0 saturated carbocycles. The van der Waals surface area contributed by atoms with Gasteiger partial charge in [0.2, 0.25) is 15.9 Å². The first-order valence-corrected chi connectivity index (χ1v) is 12.5. The third kappa shape index (κ3) is 5.09. The number of carbonyl (C=O) groups excluding carboxylic acids is 1. The minimum Gasteiger partial charge on any atom is -0.325 e.